The second-order valence-corrected chi connectivity index (χ2v) is 8.54. The van der Waals surface area contributed by atoms with Gasteiger partial charge in [0.15, 0.2) is 6.04 Å². The summed E-state index contributed by atoms with van der Waals surface area (Å²) in [7, 11) is 1.25. The largest absolute Gasteiger partial charge is 0.489 e. The molecule has 1 atom stereocenters. The lowest BCUT2D eigenvalue weighted by molar-refractivity contribution is -0.387. The first-order valence-electron chi connectivity index (χ1n) is 10.3. The molecule has 10 heteroatoms. The lowest BCUT2D eigenvalue weighted by Gasteiger charge is -2.36. The number of hydrogen-bond donors (Lipinski definition) is 0. The van der Waals surface area contributed by atoms with Crippen molar-refractivity contribution in [2.45, 2.75) is 45.4 Å². The van der Waals surface area contributed by atoms with Crippen LogP contribution in [0.2, 0.25) is 0 Å². The van der Waals surface area contributed by atoms with Gasteiger partial charge < -0.3 is 14.2 Å². The molecule has 2 aromatic rings. The van der Waals surface area contributed by atoms with E-state index in [-0.39, 0.29) is 13.2 Å². The van der Waals surface area contributed by atoms with E-state index in [9.17, 15) is 24.1 Å². The number of carbonyl (C=O) groups is 2. The minimum Gasteiger partial charge on any atom is -0.489 e. The summed E-state index contributed by atoms with van der Waals surface area (Å²) in [6.45, 7) is 5.47. The molecule has 0 spiro atoms. The third-order valence-electron chi connectivity index (χ3n) is 5.01. The van der Waals surface area contributed by atoms with Gasteiger partial charge in [-0.15, -0.1) is 0 Å². The fourth-order valence-electron chi connectivity index (χ4n) is 3.53. The van der Waals surface area contributed by atoms with Crippen LogP contribution in [0, 0.1) is 15.9 Å². The molecule has 1 aliphatic rings. The lowest BCUT2D eigenvalue weighted by atomic mass is 9.92. The Balaban J connectivity index is 1.81. The molecule has 0 fully saturated rings. The smallest absolute Gasteiger partial charge is 0.411 e. The van der Waals surface area contributed by atoms with Crippen molar-refractivity contribution in [1.29, 1.82) is 0 Å². The molecule has 2 aromatic carbocycles. The van der Waals surface area contributed by atoms with Crippen LogP contribution in [-0.4, -0.2) is 41.1 Å². The molecule has 33 heavy (non-hydrogen) atoms. The van der Waals surface area contributed by atoms with E-state index < -0.39 is 40.1 Å². The summed E-state index contributed by atoms with van der Waals surface area (Å²) in [6.07, 6.45) is -0.150. The molecule has 0 saturated heterocycles. The molecule has 1 amide bonds. The molecule has 3 rings (SSSR count). The number of amides is 1. The molecule has 0 bridgehead atoms. The van der Waals surface area contributed by atoms with Crippen molar-refractivity contribution in [3.8, 4) is 5.75 Å². The van der Waals surface area contributed by atoms with Crippen molar-refractivity contribution in [3.63, 3.8) is 0 Å². The number of fused-ring (bicyclic) bond motifs is 1. The molecular formula is C23H25FN2O7. The van der Waals surface area contributed by atoms with Crippen LogP contribution >= 0.6 is 0 Å². The second-order valence-electron chi connectivity index (χ2n) is 8.54. The molecule has 1 heterocycles. The highest BCUT2D eigenvalue weighted by Gasteiger charge is 2.39. The second kappa shape index (κ2) is 9.43. The maximum Gasteiger partial charge on any atom is 0.411 e. The van der Waals surface area contributed by atoms with Crippen LogP contribution in [0.3, 0.4) is 0 Å². The van der Waals surface area contributed by atoms with Crippen molar-refractivity contribution in [3.05, 3.63) is 69.0 Å². The van der Waals surface area contributed by atoms with E-state index in [2.05, 4.69) is 0 Å². The Kier molecular flexibility index (Phi) is 6.85. The average molecular weight is 460 g/mol. The Morgan fingerprint density at radius 1 is 1.21 bits per heavy atom. The Labute approximate surface area is 190 Å². The molecule has 0 N–H and O–H groups in total. The quantitative estimate of drug-likeness (QED) is 0.371. The number of nitro groups is 1. The number of ether oxygens (including phenoxy) is 3. The number of nitro benzene ring substituents is 1. The van der Waals surface area contributed by atoms with Crippen molar-refractivity contribution < 1.29 is 33.1 Å². The highest BCUT2D eigenvalue weighted by atomic mass is 19.1. The third-order valence-corrected chi connectivity index (χ3v) is 5.01. The van der Waals surface area contributed by atoms with Crippen LogP contribution < -0.4 is 4.74 Å². The Morgan fingerprint density at radius 3 is 2.58 bits per heavy atom. The lowest BCUT2D eigenvalue weighted by Crippen LogP contribution is -2.46. The van der Waals surface area contributed by atoms with Gasteiger partial charge in [0.2, 0.25) is 5.82 Å². The molecule has 0 aromatic heterocycles. The first kappa shape index (κ1) is 24.0. The SMILES string of the molecule is COC(=O)[C@H]1c2ccc(OCc3ccc(F)c([N+](=O)[O-])c3)cc2CCN1C(=O)OC(C)(C)C. The van der Waals surface area contributed by atoms with Crippen LogP contribution in [0.5, 0.6) is 5.75 Å². The van der Waals surface area contributed by atoms with Crippen LogP contribution in [0.25, 0.3) is 0 Å². The maximum atomic E-state index is 13.5. The highest BCUT2D eigenvalue weighted by Crippen LogP contribution is 2.34. The van der Waals surface area contributed by atoms with Crippen molar-refractivity contribution in [1.82, 2.24) is 4.90 Å². The van der Waals surface area contributed by atoms with Crippen LogP contribution in [0.1, 0.15) is 43.5 Å². The zero-order chi connectivity index (χ0) is 24.3. The molecule has 0 unspecified atom stereocenters. The predicted octanol–water partition coefficient (Wildman–Crippen LogP) is 4.32. The monoisotopic (exact) mass is 460 g/mol. The summed E-state index contributed by atoms with van der Waals surface area (Å²) in [6, 6.07) is 7.65. The minimum absolute atomic E-state index is 0.00955. The number of hydrogen-bond acceptors (Lipinski definition) is 7. The molecule has 0 saturated carbocycles. The number of esters is 1. The number of rotatable bonds is 5. The third kappa shape index (κ3) is 5.57. The Hall–Kier alpha value is -3.69. The number of benzene rings is 2. The molecule has 9 nitrogen and oxygen atoms in total. The Morgan fingerprint density at radius 2 is 1.94 bits per heavy atom. The van der Waals surface area contributed by atoms with Gasteiger partial charge in [-0.2, -0.15) is 4.39 Å². The molecule has 176 valence electrons. The maximum absolute atomic E-state index is 13.5. The van der Waals surface area contributed by atoms with Gasteiger partial charge >= 0.3 is 17.7 Å². The fourth-order valence-corrected chi connectivity index (χ4v) is 3.53. The van der Waals surface area contributed by atoms with E-state index >= 15 is 0 Å². The fraction of sp³-hybridized carbons (Fsp3) is 0.391. The van der Waals surface area contributed by atoms with Crippen LogP contribution in [-0.2, 0) is 27.3 Å². The summed E-state index contributed by atoms with van der Waals surface area (Å²) in [5, 5.41) is 10.9. The summed E-state index contributed by atoms with van der Waals surface area (Å²) in [4.78, 5) is 36.7. The van der Waals surface area contributed by atoms with Gasteiger partial charge in [-0.1, -0.05) is 12.1 Å². The van der Waals surface area contributed by atoms with Gasteiger partial charge in [-0.25, -0.2) is 9.59 Å². The van der Waals surface area contributed by atoms with E-state index in [1.165, 1.54) is 18.1 Å². The van der Waals surface area contributed by atoms with Crippen molar-refractivity contribution >= 4 is 17.7 Å². The van der Waals surface area contributed by atoms with E-state index in [1.807, 2.05) is 0 Å². The summed E-state index contributed by atoms with van der Waals surface area (Å²) in [5.41, 5.74) is 0.496. The van der Waals surface area contributed by atoms with Crippen molar-refractivity contribution in [2.75, 3.05) is 13.7 Å². The first-order chi connectivity index (χ1) is 15.5. The average Bonchev–Trinajstić information content (AvgIpc) is 2.75. The van der Waals surface area contributed by atoms with Gasteiger partial charge in [-0.3, -0.25) is 15.0 Å². The summed E-state index contributed by atoms with van der Waals surface area (Å²) < 4.78 is 29.6. The first-order valence-corrected chi connectivity index (χ1v) is 10.3. The van der Waals surface area contributed by atoms with Crippen LogP contribution in [0.4, 0.5) is 14.9 Å². The van der Waals surface area contributed by atoms with E-state index in [0.29, 0.717) is 23.3 Å². The number of methoxy groups -OCH3 is 1. The topological polar surface area (TPSA) is 108 Å². The molecule has 0 aliphatic carbocycles. The number of halogens is 1. The number of nitrogens with zero attached hydrogens (tertiary/aromatic N) is 2. The van der Waals surface area contributed by atoms with Gasteiger partial charge in [-0.05, 0) is 62.1 Å². The van der Waals surface area contributed by atoms with E-state index in [0.717, 1.165) is 17.7 Å². The normalized spacial score (nSPS) is 15.4. The van der Waals surface area contributed by atoms with Gasteiger partial charge in [0.1, 0.15) is 18.0 Å². The minimum atomic E-state index is -0.956. The zero-order valence-electron chi connectivity index (χ0n) is 18.8. The number of carbonyl (C=O) groups excluding carboxylic acids is 2. The summed E-state index contributed by atoms with van der Waals surface area (Å²) >= 11 is 0. The standard InChI is InChI=1S/C23H25FN2O7/c1-23(2,3)33-22(28)25-10-9-15-12-16(6-7-17(15)20(25)21(27)31-4)32-13-14-5-8-18(24)19(11-14)26(29)30/h5-8,11-12,20H,9-10,13H2,1-4H3/t20-/m1/s1. The van der Waals surface area contributed by atoms with E-state index in [1.54, 1.807) is 39.0 Å². The summed E-state index contributed by atoms with van der Waals surface area (Å²) in [5.74, 6) is -1.04. The Bertz CT molecular complexity index is 1080. The van der Waals surface area contributed by atoms with Gasteiger partial charge in [0.25, 0.3) is 0 Å². The molecule has 1 aliphatic heterocycles. The molecule has 0 radical (unpaired) electrons. The predicted molar refractivity (Wildman–Crippen MR) is 115 cm³/mol. The highest BCUT2D eigenvalue weighted by molar-refractivity contribution is 5.84. The van der Waals surface area contributed by atoms with Crippen LogP contribution in [0.15, 0.2) is 36.4 Å². The van der Waals surface area contributed by atoms with Gasteiger partial charge in [0, 0.05) is 12.6 Å². The molecular weight excluding hydrogens is 435 g/mol. The zero-order valence-corrected chi connectivity index (χ0v) is 18.8. The van der Waals surface area contributed by atoms with Gasteiger partial charge in [0.05, 0.1) is 12.0 Å². The van der Waals surface area contributed by atoms with Crippen molar-refractivity contribution in [2.24, 2.45) is 0 Å². The van der Waals surface area contributed by atoms with E-state index in [4.69, 9.17) is 14.2 Å².